The summed E-state index contributed by atoms with van der Waals surface area (Å²) in [5.74, 6) is 0.163. The molecular formula is C15H14ClNO3. The Morgan fingerprint density at radius 1 is 1.30 bits per heavy atom. The highest BCUT2D eigenvalue weighted by atomic mass is 35.5. The van der Waals surface area contributed by atoms with Crippen LogP contribution in [0.15, 0.2) is 42.6 Å². The predicted octanol–water partition coefficient (Wildman–Crippen LogP) is 3.49. The first-order chi connectivity index (χ1) is 9.70. The first-order valence-electron chi connectivity index (χ1n) is 6.20. The first-order valence-corrected chi connectivity index (χ1v) is 6.58. The maximum absolute atomic E-state index is 11.6. The lowest BCUT2D eigenvalue weighted by Crippen LogP contribution is -2.08. The minimum absolute atomic E-state index is 0.270. The van der Waals surface area contributed by atoms with E-state index in [9.17, 15) is 4.79 Å². The van der Waals surface area contributed by atoms with E-state index in [-0.39, 0.29) is 5.69 Å². The smallest absolute Gasteiger partial charge is 0.356 e. The van der Waals surface area contributed by atoms with E-state index < -0.39 is 5.97 Å². The topological polar surface area (TPSA) is 48.4 Å². The molecule has 0 aliphatic carbocycles. The van der Waals surface area contributed by atoms with Gasteiger partial charge in [-0.15, -0.1) is 0 Å². The second-order valence-electron chi connectivity index (χ2n) is 3.99. The largest absolute Gasteiger partial charge is 0.487 e. The standard InChI is InChI=1S/C15H14ClNO3/c1-2-19-15(18)13-9-11(7-8-17-13)10-20-14-6-4-3-5-12(14)16/h3-9H,2,10H2,1H3. The zero-order valence-corrected chi connectivity index (χ0v) is 11.8. The Balaban J connectivity index is 2.05. The molecule has 0 unspecified atom stereocenters. The number of hydrogen-bond donors (Lipinski definition) is 0. The van der Waals surface area contributed by atoms with Gasteiger partial charge in [-0.05, 0) is 36.8 Å². The molecule has 0 saturated heterocycles. The van der Waals surface area contributed by atoms with Crippen LogP contribution in [0.4, 0.5) is 0 Å². The third-order valence-electron chi connectivity index (χ3n) is 2.54. The van der Waals surface area contributed by atoms with Gasteiger partial charge in [-0.3, -0.25) is 0 Å². The van der Waals surface area contributed by atoms with Crippen LogP contribution in [0.1, 0.15) is 23.0 Å². The third-order valence-corrected chi connectivity index (χ3v) is 2.85. The van der Waals surface area contributed by atoms with Crippen molar-refractivity contribution in [1.29, 1.82) is 0 Å². The molecule has 0 fully saturated rings. The fourth-order valence-electron chi connectivity index (χ4n) is 1.60. The van der Waals surface area contributed by atoms with Crippen molar-refractivity contribution in [2.75, 3.05) is 6.61 Å². The highest BCUT2D eigenvalue weighted by molar-refractivity contribution is 6.32. The summed E-state index contributed by atoms with van der Waals surface area (Å²) >= 11 is 6.00. The molecule has 0 amide bonds. The number of hydrogen-bond acceptors (Lipinski definition) is 4. The quantitative estimate of drug-likeness (QED) is 0.791. The molecule has 0 N–H and O–H groups in total. The van der Waals surface area contributed by atoms with Crippen molar-refractivity contribution in [3.05, 3.63) is 58.9 Å². The molecule has 0 aliphatic heterocycles. The number of carbonyl (C=O) groups excluding carboxylic acids is 1. The fourth-order valence-corrected chi connectivity index (χ4v) is 1.79. The van der Waals surface area contributed by atoms with E-state index in [0.717, 1.165) is 5.56 Å². The van der Waals surface area contributed by atoms with Crippen molar-refractivity contribution in [1.82, 2.24) is 4.98 Å². The van der Waals surface area contributed by atoms with Gasteiger partial charge in [-0.2, -0.15) is 0 Å². The fraction of sp³-hybridized carbons (Fsp3) is 0.200. The van der Waals surface area contributed by atoms with E-state index in [4.69, 9.17) is 21.1 Å². The molecule has 1 heterocycles. The molecule has 0 radical (unpaired) electrons. The van der Waals surface area contributed by atoms with Crippen LogP contribution >= 0.6 is 11.6 Å². The van der Waals surface area contributed by atoms with Gasteiger partial charge in [0, 0.05) is 6.20 Å². The van der Waals surface area contributed by atoms with Crippen molar-refractivity contribution in [3.63, 3.8) is 0 Å². The lowest BCUT2D eigenvalue weighted by atomic mass is 10.2. The molecule has 1 aromatic heterocycles. The van der Waals surface area contributed by atoms with Crippen molar-refractivity contribution in [3.8, 4) is 5.75 Å². The Hall–Kier alpha value is -2.07. The summed E-state index contributed by atoms with van der Waals surface area (Å²) in [7, 11) is 0. The van der Waals surface area contributed by atoms with Crippen LogP contribution in [0.2, 0.25) is 5.02 Å². The molecular weight excluding hydrogens is 278 g/mol. The zero-order chi connectivity index (χ0) is 14.4. The average Bonchev–Trinajstić information content (AvgIpc) is 2.47. The van der Waals surface area contributed by atoms with Gasteiger partial charge in [0.15, 0.2) is 0 Å². The molecule has 5 heteroatoms. The van der Waals surface area contributed by atoms with E-state index in [1.54, 1.807) is 37.4 Å². The Kier molecular flexibility index (Phi) is 4.96. The molecule has 0 atom stereocenters. The Morgan fingerprint density at radius 2 is 2.10 bits per heavy atom. The van der Waals surface area contributed by atoms with Gasteiger partial charge in [-0.1, -0.05) is 23.7 Å². The number of pyridine rings is 1. The summed E-state index contributed by atoms with van der Waals surface area (Å²) in [5, 5.41) is 0.548. The Bertz CT molecular complexity index is 601. The predicted molar refractivity (Wildman–Crippen MR) is 76.0 cm³/mol. The summed E-state index contributed by atoms with van der Waals surface area (Å²) < 4.78 is 10.5. The molecule has 0 aliphatic rings. The van der Waals surface area contributed by atoms with Crippen LogP contribution in [-0.2, 0) is 11.3 Å². The number of rotatable bonds is 5. The lowest BCUT2D eigenvalue weighted by Gasteiger charge is -2.08. The van der Waals surface area contributed by atoms with Crippen LogP contribution in [0.25, 0.3) is 0 Å². The molecule has 0 bridgehead atoms. The number of esters is 1. The summed E-state index contributed by atoms with van der Waals surface area (Å²) in [6.45, 7) is 2.38. The molecule has 20 heavy (non-hydrogen) atoms. The van der Waals surface area contributed by atoms with Gasteiger partial charge in [0.05, 0.1) is 11.6 Å². The zero-order valence-electron chi connectivity index (χ0n) is 11.0. The number of halogens is 1. The van der Waals surface area contributed by atoms with E-state index in [0.29, 0.717) is 24.0 Å². The maximum Gasteiger partial charge on any atom is 0.356 e. The summed E-state index contributed by atoms with van der Waals surface area (Å²) in [6.07, 6.45) is 1.55. The SMILES string of the molecule is CCOC(=O)c1cc(COc2ccccc2Cl)ccn1. The number of benzene rings is 1. The summed E-state index contributed by atoms with van der Waals surface area (Å²) in [4.78, 5) is 15.6. The number of carbonyl (C=O) groups is 1. The minimum Gasteiger partial charge on any atom is -0.487 e. The van der Waals surface area contributed by atoms with Gasteiger partial charge in [-0.25, -0.2) is 9.78 Å². The number of ether oxygens (including phenoxy) is 2. The van der Waals surface area contributed by atoms with Gasteiger partial charge in [0.2, 0.25) is 0 Å². The van der Waals surface area contributed by atoms with Gasteiger partial charge >= 0.3 is 5.97 Å². The maximum atomic E-state index is 11.6. The van der Waals surface area contributed by atoms with Crippen LogP contribution < -0.4 is 4.74 Å². The Morgan fingerprint density at radius 3 is 2.85 bits per heavy atom. The molecule has 1 aromatic carbocycles. The number of nitrogens with zero attached hydrogens (tertiary/aromatic N) is 1. The molecule has 4 nitrogen and oxygen atoms in total. The van der Waals surface area contributed by atoms with E-state index in [2.05, 4.69) is 4.98 Å². The Labute approximate surface area is 122 Å². The molecule has 2 aromatic rings. The highest BCUT2D eigenvalue weighted by Gasteiger charge is 2.09. The molecule has 0 spiro atoms. The minimum atomic E-state index is -0.438. The molecule has 104 valence electrons. The monoisotopic (exact) mass is 291 g/mol. The second-order valence-corrected chi connectivity index (χ2v) is 4.40. The summed E-state index contributed by atoms with van der Waals surface area (Å²) in [6, 6.07) is 10.6. The van der Waals surface area contributed by atoms with Crippen LogP contribution in [0.5, 0.6) is 5.75 Å². The van der Waals surface area contributed by atoms with E-state index in [1.165, 1.54) is 0 Å². The van der Waals surface area contributed by atoms with Gasteiger partial charge in [0.1, 0.15) is 18.1 Å². The van der Waals surface area contributed by atoms with E-state index in [1.807, 2.05) is 12.1 Å². The normalized spacial score (nSPS) is 10.1. The summed E-state index contributed by atoms with van der Waals surface area (Å²) in [5.41, 5.74) is 1.09. The van der Waals surface area contributed by atoms with E-state index >= 15 is 0 Å². The van der Waals surface area contributed by atoms with Crippen LogP contribution in [-0.4, -0.2) is 17.6 Å². The number of para-hydroxylation sites is 1. The number of aromatic nitrogens is 1. The molecule has 2 rings (SSSR count). The van der Waals surface area contributed by atoms with Crippen LogP contribution in [0.3, 0.4) is 0 Å². The van der Waals surface area contributed by atoms with Crippen molar-refractivity contribution >= 4 is 17.6 Å². The van der Waals surface area contributed by atoms with Gasteiger partial charge in [0.25, 0.3) is 0 Å². The van der Waals surface area contributed by atoms with Crippen molar-refractivity contribution in [2.45, 2.75) is 13.5 Å². The lowest BCUT2D eigenvalue weighted by molar-refractivity contribution is 0.0519. The van der Waals surface area contributed by atoms with Crippen molar-refractivity contribution < 1.29 is 14.3 Å². The van der Waals surface area contributed by atoms with Gasteiger partial charge < -0.3 is 9.47 Å². The van der Waals surface area contributed by atoms with Crippen molar-refractivity contribution in [2.24, 2.45) is 0 Å². The first kappa shape index (κ1) is 14.3. The second kappa shape index (κ2) is 6.91. The average molecular weight is 292 g/mol. The van der Waals surface area contributed by atoms with Crippen LogP contribution in [0, 0.1) is 0 Å². The highest BCUT2D eigenvalue weighted by Crippen LogP contribution is 2.24. The third kappa shape index (κ3) is 3.71. The molecule has 0 saturated carbocycles.